The van der Waals surface area contributed by atoms with Gasteiger partial charge in [-0.05, 0) is 31.7 Å². The number of likely N-dealkylation sites (tertiary alicyclic amines) is 1. The molecule has 32 heavy (non-hydrogen) atoms. The second-order valence-corrected chi connectivity index (χ2v) is 11.5. The Morgan fingerprint density at radius 1 is 1.06 bits per heavy atom. The Labute approximate surface area is 189 Å². The van der Waals surface area contributed by atoms with E-state index in [1.807, 2.05) is 0 Å². The topological polar surface area (TPSA) is 89.9 Å². The summed E-state index contributed by atoms with van der Waals surface area (Å²) < 4.78 is 31.7. The number of rotatable bonds is 4. The summed E-state index contributed by atoms with van der Waals surface area (Å²) in [4.78, 5) is 2.47. The van der Waals surface area contributed by atoms with Gasteiger partial charge < -0.3 is 33.9 Å². The highest BCUT2D eigenvalue weighted by Crippen LogP contribution is 2.81. The second kappa shape index (κ2) is 6.26. The van der Waals surface area contributed by atoms with Crippen LogP contribution in [0.25, 0.3) is 0 Å². The van der Waals surface area contributed by atoms with Gasteiger partial charge in [-0.2, -0.15) is 0 Å². The zero-order valence-corrected chi connectivity index (χ0v) is 19.5. The molecule has 5 saturated carbocycles. The summed E-state index contributed by atoms with van der Waals surface area (Å²) in [6, 6.07) is -0.169. The first kappa shape index (κ1) is 21.0. The average molecular weight is 452 g/mol. The molecule has 3 spiro atoms. The zero-order chi connectivity index (χ0) is 22.3. The van der Waals surface area contributed by atoms with E-state index in [1.165, 1.54) is 0 Å². The molecule has 0 aromatic carbocycles. The third-order valence-electron chi connectivity index (χ3n) is 11.5. The molecule has 0 radical (unpaired) electrons. The first-order chi connectivity index (χ1) is 15.4. The summed E-state index contributed by atoms with van der Waals surface area (Å²) in [5.74, 6) is 0.00389. The molecule has 7 rings (SSSR count). The number of aliphatic hydroxyl groups excluding tert-OH is 1. The summed E-state index contributed by atoms with van der Waals surface area (Å²) in [6.07, 6.45) is 1.87. The fourth-order valence-electron chi connectivity index (χ4n) is 11.0. The van der Waals surface area contributed by atoms with Crippen LogP contribution in [-0.2, 0) is 23.7 Å². The lowest BCUT2D eigenvalue weighted by molar-refractivity contribution is -0.324. The van der Waals surface area contributed by atoms with Gasteiger partial charge in [-0.25, -0.2) is 0 Å². The normalized spacial score (nSPS) is 64.1. The minimum Gasteiger partial charge on any atom is -0.390 e. The van der Waals surface area contributed by atoms with Crippen molar-refractivity contribution in [3.05, 3.63) is 0 Å². The number of likely N-dealkylation sites (N-methyl/N-ethyl adjacent to an activating group) is 1. The fraction of sp³-hybridized carbons (Fsp3) is 1.00. The average Bonchev–Trinajstić information content (AvgIpc) is 3.34. The highest BCUT2D eigenvalue weighted by atomic mass is 16.7. The predicted octanol–water partition coefficient (Wildman–Crippen LogP) is 0.389. The van der Waals surface area contributed by atoms with Crippen LogP contribution in [0.15, 0.2) is 0 Å². The molecule has 8 nitrogen and oxygen atoms in total. The summed E-state index contributed by atoms with van der Waals surface area (Å²) in [6.45, 7) is 4.07. The summed E-state index contributed by atoms with van der Waals surface area (Å²) in [7, 11) is 5.24. The van der Waals surface area contributed by atoms with Crippen LogP contribution in [-0.4, -0.2) is 104 Å². The lowest BCUT2D eigenvalue weighted by Gasteiger charge is -2.70. The maximum Gasteiger partial charge on any atom is 0.148 e. The van der Waals surface area contributed by atoms with Gasteiger partial charge in [0.05, 0.1) is 41.5 Å². The van der Waals surface area contributed by atoms with Gasteiger partial charge in [0, 0.05) is 52.0 Å². The zero-order valence-electron chi connectivity index (χ0n) is 19.5. The molecule has 2 saturated heterocycles. The molecule has 2 N–H and O–H groups in total. The van der Waals surface area contributed by atoms with Crippen molar-refractivity contribution >= 4 is 0 Å². The van der Waals surface area contributed by atoms with Gasteiger partial charge in [0.2, 0.25) is 0 Å². The number of ether oxygens (including phenoxy) is 5. The van der Waals surface area contributed by atoms with E-state index in [0.717, 1.165) is 25.9 Å². The third kappa shape index (κ3) is 1.73. The molecule has 0 amide bonds. The molecular weight excluding hydrogens is 414 g/mol. The molecule has 0 aromatic heterocycles. The van der Waals surface area contributed by atoms with Crippen LogP contribution in [0, 0.1) is 29.1 Å². The Bertz CT molecular complexity index is 828. The molecule has 8 heteroatoms. The van der Waals surface area contributed by atoms with E-state index >= 15 is 0 Å². The van der Waals surface area contributed by atoms with Crippen LogP contribution < -0.4 is 0 Å². The van der Waals surface area contributed by atoms with E-state index in [9.17, 15) is 10.2 Å². The monoisotopic (exact) mass is 451 g/mol. The standard InChI is InChI=1S/C24H37NO7/c1-5-25-10-12-6-7-15(29-3)23-16(12)19(26)24(20(23)25)22(31-11-32-24)9-14(28-2)13-8-21(23,27)18(22)17(13)30-4/h12-20,26-27H,5-11H2,1-4H3. The van der Waals surface area contributed by atoms with Crippen molar-refractivity contribution in [1.82, 2.24) is 4.90 Å². The number of piperidine rings is 1. The van der Waals surface area contributed by atoms with E-state index in [1.54, 1.807) is 21.3 Å². The Hall–Kier alpha value is -0.320. The Morgan fingerprint density at radius 2 is 1.88 bits per heavy atom. The van der Waals surface area contributed by atoms with Gasteiger partial charge in [-0.1, -0.05) is 6.92 Å². The second-order valence-electron chi connectivity index (χ2n) is 11.5. The minimum absolute atomic E-state index is 0.0754. The Kier molecular flexibility index (Phi) is 4.11. The number of hydrogen-bond acceptors (Lipinski definition) is 8. The van der Waals surface area contributed by atoms with Gasteiger partial charge in [0.1, 0.15) is 18.0 Å². The van der Waals surface area contributed by atoms with Crippen LogP contribution in [0.3, 0.4) is 0 Å². The van der Waals surface area contributed by atoms with Crippen molar-refractivity contribution in [2.24, 2.45) is 29.1 Å². The lowest BCUT2D eigenvalue weighted by Crippen LogP contribution is -2.85. The van der Waals surface area contributed by atoms with Gasteiger partial charge >= 0.3 is 0 Å². The van der Waals surface area contributed by atoms with E-state index < -0.39 is 28.3 Å². The number of aliphatic hydroxyl groups is 2. The molecule has 7 bridgehead atoms. The van der Waals surface area contributed by atoms with Crippen molar-refractivity contribution < 1.29 is 33.9 Å². The van der Waals surface area contributed by atoms with Crippen LogP contribution in [0.5, 0.6) is 0 Å². The molecular formula is C24H37NO7. The van der Waals surface area contributed by atoms with E-state index in [-0.39, 0.29) is 48.9 Å². The van der Waals surface area contributed by atoms with Crippen molar-refractivity contribution in [2.45, 2.75) is 79.9 Å². The van der Waals surface area contributed by atoms with E-state index in [2.05, 4.69) is 11.8 Å². The number of methoxy groups -OCH3 is 3. The van der Waals surface area contributed by atoms with Crippen LogP contribution >= 0.6 is 0 Å². The Morgan fingerprint density at radius 3 is 2.56 bits per heavy atom. The molecule has 13 unspecified atom stereocenters. The Balaban J connectivity index is 1.58. The van der Waals surface area contributed by atoms with Crippen molar-refractivity contribution in [3.8, 4) is 0 Å². The highest BCUT2D eigenvalue weighted by molar-refractivity contribution is 5.45. The van der Waals surface area contributed by atoms with Crippen molar-refractivity contribution in [1.29, 1.82) is 0 Å². The molecule has 7 fully saturated rings. The summed E-state index contributed by atoms with van der Waals surface area (Å²) in [5, 5.41) is 25.4. The van der Waals surface area contributed by atoms with Gasteiger partial charge in [-0.3, -0.25) is 4.90 Å². The smallest absolute Gasteiger partial charge is 0.148 e. The summed E-state index contributed by atoms with van der Waals surface area (Å²) >= 11 is 0. The minimum atomic E-state index is -1.09. The van der Waals surface area contributed by atoms with E-state index in [4.69, 9.17) is 23.7 Å². The maximum absolute atomic E-state index is 13.1. The molecule has 13 atom stereocenters. The van der Waals surface area contributed by atoms with Crippen LogP contribution in [0.1, 0.15) is 32.6 Å². The van der Waals surface area contributed by atoms with Crippen molar-refractivity contribution in [3.63, 3.8) is 0 Å². The lowest BCUT2D eigenvalue weighted by atomic mass is 9.43. The first-order valence-corrected chi connectivity index (χ1v) is 12.4. The van der Waals surface area contributed by atoms with Crippen LogP contribution in [0.2, 0.25) is 0 Å². The first-order valence-electron chi connectivity index (χ1n) is 12.4. The van der Waals surface area contributed by atoms with Crippen molar-refractivity contribution in [2.75, 3.05) is 41.2 Å². The number of hydrogen-bond donors (Lipinski definition) is 2. The molecule has 2 aliphatic heterocycles. The maximum atomic E-state index is 13.1. The third-order valence-corrected chi connectivity index (χ3v) is 11.5. The number of nitrogens with zero attached hydrogens (tertiary/aromatic N) is 1. The van der Waals surface area contributed by atoms with Gasteiger partial charge in [0.15, 0.2) is 0 Å². The molecule has 5 aliphatic carbocycles. The van der Waals surface area contributed by atoms with Gasteiger partial charge in [-0.15, -0.1) is 0 Å². The van der Waals surface area contributed by atoms with E-state index in [0.29, 0.717) is 18.8 Å². The fourth-order valence-corrected chi connectivity index (χ4v) is 11.0. The molecule has 0 aromatic rings. The summed E-state index contributed by atoms with van der Waals surface area (Å²) in [5.41, 5.74) is -3.51. The largest absolute Gasteiger partial charge is 0.390 e. The van der Waals surface area contributed by atoms with Crippen LogP contribution in [0.4, 0.5) is 0 Å². The quantitative estimate of drug-likeness (QED) is 0.635. The molecule has 180 valence electrons. The number of fused-ring (bicyclic) bond motifs is 1. The molecule has 2 heterocycles. The molecule has 7 aliphatic rings. The SMILES string of the molecule is CCN1CC2CCC(OC)C34C2C(O)C2(OCOC25CC(OC)C2CC3(O)C5C2OC)C14. The highest BCUT2D eigenvalue weighted by Gasteiger charge is 2.96. The predicted molar refractivity (Wildman–Crippen MR) is 112 cm³/mol. The van der Waals surface area contributed by atoms with Gasteiger partial charge in [0.25, 0.3) is 0 Å².